The van der Waals surface area contributed by atoms with E-state index in [9.17, 15) is 14.4 Å². The van der Waals surface area contributed by atoms with Crippen molar-refractivity contribution < 1.29 is 23.9 Å². The first-order valence-corrected chi connectivity index (χ1v) is 9.51. The van der Waals surface area contributed by atoms with Crippen molar-refractivity contribution in [2.24, 2.45) is 11.8 Å². The van der Waals surface area contributed by atoms with Crippen LogP contribution in [0.5, 0.6) is 0 Å². The zero-order valence-electron chi connectivity index (χ0n) is 16.1. The second kappa shape index (κ2) is 9.94. The summed E-state index contributed by atoms with van der Waals surface area (Å²) in [5, 5.41) is 2.62. The quantitative estimate of drug-likeness (QED) is 0.608. The van der Waals surface area contributed by atoms with Crippen molar-refractivity contribution in [2.45, 2.75) is 39.8 Å². The maximum atomic E-state index is 12.2. The molecule has 1 aromatic carbocycles. The van der Waals surface area contributed by atoms with E-state index in [2.05, 4.69) is 5.32 Å². The summed E-state index contributed by atoms with van der Waals surface area (Å²) in [7, 11) is 0. The molecule has 27 heavy (non-hydrogen) atoms. The maximum absolute atomic E-state index is 12.2. The molecule has 2 amide bonds. The van der Waals surface area contributed by atoms with E-state index in [1.807, 2.05) is 44.2 Å². The van der Waals surface area contributed by atoms with E-state index >= 15 is 0 Å². The number of nitrogens with one attached hydrogen (secondary N) is 1. The van der Waals surface area contributed by atoms with Crippen LogP contribution < -0.4 is 5.32 Å². The third-order valence-corrected chi connectivity index (χ3v) is 4.59. The number of esters is 1. The van der Waals surface area contributed by atoms with Crippen LogP contribution in [-0.2, 0) is 25.7 Å². The lowest BCUT2D eigenvalue weighted by Gasteiger charge is -2.43. The fraction of sp³-hybridized carbons (Fsp3) is 0.550. The summed E-state index contributed by atoms with van der Waals surface area (Å²) >= 11 is 0. The van der Waals surface area contributed by atoms with Crippen LogP contribution in [0, 0.1) is 11.8 Å². The smallest absolute Gasteiger partial charge is 0.409 e. The largest absolute Gasteiger partial charge is 0.459 e. The molecule has 148 valence electrons. The Kier molecular flexibility index (Phi) is 7.64. The van der Waals surface area contributed by atoms with Crippen LogP contribution in [0.2, 0.25) is 0 Å². The van der Waals surface area contributed by atoms with Crippen molar-refractivity contribution in [3.8, 4) is 0 Å². The van der Waals surface area contributed by atoms with E-state index in [4.69, 9.17) is 9.47 Å². The second-order valence-electron chi connectivity index (χ2n) is 6.39. The molecule has 0 bridgehead atoms. The minimum Gasteiger partial charge on any atom is -0.459 e. The predicted octanol–water partition coefficient (Wildman–Crippen LogP) is 2.35. The predicted molar refractivity (Wildman–Crippen MR) is 99.7 cm³/mol. The van der Waals surface area contributed by atoms with Crippen LogP contribution in [0.15, 0.2) is 30.3 Å². The third kappa shape index (κ3) is 5.21. The Morgan fingerprint density at radius 2 is 1.81 bits per heavy atom. The first-order valence-electron chi connectivity index (χ1n) is 9.51. The van der Waals surface area contributed by atoms with Crippen LogP contribution >= 0.6 is 0 Å². The SMILES string of the molecule is CC.CCOC(=O)N1CC(C[C@H]2C(=O)NC2C(=O)OCc2ccccc2)C1. The zero-order valence-corrected chi connectivity index (χ0v) is 16.1. The Bertz CT molecular complexity index is 643. The van der Waals surface area contributed by atoms with E-state index in [-0.39, 0.29) is 30.4 Å². The monoisotopic (exact) mass is 376 g/mol. The number of ether oxygens (including phenoxy) is 2. The Hall–Kier alpha value is -2.57. The first kappa shape index (κ1) is 20.7. The molecule has 2 saturated heterocycles. The lowest BCUT2D eigenvalue weighted by Crippen LogP contribution is -2.64. The number of likely N-dealkylation sites (tertiary alicyclic amines) is 1. The van der Waals surface area contributed by atoms with Crippen molar-refractivity contribution in [1.82, 2.24) is 10.2 Å². The van der Waals surface area contributed by atoms with Crippen LogP contribution in [0.1, 0.15) is 32.8 Å². The molecule has 1 unspecified atom stereocenters. The topological polar surface area (TPSA) is 84.9 Å². The van der Waals surface area contributed by atoms with Crippen molar-refractivity contribution in [3.05, 3.63) is 35.9 Å². The summed E-state index contributed by atoms with van der Waals surface area (Å²) in [4.78, 5) is 37.1. The number of benzene rings is 1. The highest BCUT2D eigenvalue weighted by atomic mass is 16.6. The number of hydrogen-bond acceptors (Lipinski definition) is 5. The van der Waals surface area contributed by atoms with E-state index in [1.165, 1.54) is 0 Å². The van der Waals surface area contributed by atoms with E-state index < -0.39 is 12.0 Å². The van der Waals surface area contributed by atoms with Crippen molar-refractivity contribution in [1.29, 1.82) is 0 Å². The molecule has 0 aliphatic carbocycles. The standard InChI is InChI=1S/C18H22N2O5.C2H6/c1-2-24-18(23)20-9-13(10-20)8-14-15(19-16(14)21)17(22)25-11-12-6-4-3-5-7-12;1-2/h3-7,13-15H,2,8-11H2,1H3,(H,19,21);1-2H3/t14-,15?;/m1./s1. The Labute approximate surface area is 160 Å². The summed E-state index contributed by atoms with van der Waals surface area (Å²) in [6.07, 6.45) is 0.253. The van der Waals surface area contributed by atoms with E-state index in [0.717, 1.165) is 5.56 Å². The van der Waals surface area contributed by atoms with Gasteiger partial charge in [0, 0.05) is 13.1 Å². The molecule has 2 aliphatic heterocycles. The van der Waals surface area contributed by atoms with Crippen LogP contribution in [0.25, 0.3) is 0 Å². The van der Waals surface area contributed by atoms with Gasteiger partial charge in [-0.2, -0.15) is 0 Å². The molecule has 2 atom stereocenters. The maximum Gasteiger partial charge on any atom is 0.409 e. The number of carbonyl (C=O) groups excluding carboxylic acids is 3. The van der Waals surface area contributed by atoms with Crippen molar-refractivity contribution in [3.63, 3.8) is 0 Å². The fourth-order valence-electron chi connectivity index (χ4n) is 3.14. The molecule has 0 radical (unpaired) electrons. The molecule has 1 aromatic rings. The molecule has 0 spiro atoms. The molecule has 2 aliphatic rings. The van der Waals surface area contributed by atoms with Gasteiger partial charge in [0.1, 0.15) is 12.6 Å². The molecule has 2 fully saturated rings. The van der Waals surface area contributed by atoms with E-state index in [0.29, 0.717) is 26.1 Å². The normalized spacial score (nSPS) is 21.0. The van der Waals surface area contributed by atoms with Gasteiger partial charge in [-0.1, -0.05) is 44.2 Å². The van der Waals surface area contributed by atoms with Gasteiger partial charge < -0.3 is 19.7 Å². The highest BCUT2D eigenvalue weighted by molar-refractivity contribution is 5.97. The van der Waals surface area contributed by atoms with Gasteiger partial charge in [0.15, 0.2) is 0 Å². The minimum absolute atomic E-state index is 0.128. The highest BCUT2D eigenvalue weighted by Gasteiger charge is 2.47. The van der Waals surface area contributed by atoms with Gasteiger partial charge in [0.2, 0.25) is 5.91 Å². The van der Waals surface area contributed by atoms with Crippen molar-refractivity contribution in [2.75, 3.05) is 19.7 Å². The number of rotatable bonds is 6. The molecular formula is C20H28N2O5. The van der Waals surface area contributed by atoms with Gasteiger partial charge >= 0.3 is 12.1 Å². The average Bonchev–Trinajstić information content (AvgIpc) is 2.65. The van der Waals surface area contributed by atoms with Crippen LogP contribution in [0.4, 0.5) is 4.79 Å². The van der Waals surface area contributed by atoms with Crippen molar-refractivity contribution >= 4 is 18.0 Å². The summed E-state index contributed by atoms with van der Waals surface area (Å²) in [5.41, 5.74) is 0.905. The number of nitrogens with zero attached hydrogens (tertiary/aromatic N) is 1. The Morgan fingerprint density at radius 1 is 1.15 bits per heavy atom. The number of amides is 2. The third-order valence-electron chi connectivity index (χ3n) is 4.59. The van der Waals surface area contributed by atoms with E-state index in [1.54, 1.807) is 11.8 Å². The molecule has 0 aromatic heterocycles. The van der Waals surface area contributed by atoms with Gasteiger partial charge in [-0.05, 0) is 24.8 Å². The lowest BCUT2D eigenvalue weighted by molar-refractivity contribution is -0.160. The number of β-lactam (4-membered cyclic amide) rings is 1. The molecule has 7 heteroatoms. The molecule has 7 nitrogen and oxygen atoms in total. The minimum atomic E-state index is -0.590. The highest BCUT2D eigenvalue weighted by Crippen LogP contribution is 2.30. The van der Waals surface area contributed by atoms with Gasteiger partial charge in [0.25, 0.3) is 0 Å². The fourth-order valence-corrected chi connectivity index (χ4v) is 3.14. The van der Waals surface area contributed by atoms with Gasteiger partial charge in [0.05, 0.1) is 12.5 Å². The lowest BCUT2D eigenvalue weighted by atomic mass is 9.80. The Morgan fingerprint density at radius 3 is 2.41 bits per heavy atom. The number of carbonyl (C=O) groups is 3. The number of hydrogen-bond donors (Lipinski definition) is 1. The second-order valence-corrected chi connectivity index (χ2v) is 6.39. The van der Waals surface area contributed by atoms with Crippen LogP contribution in [-0.4, -0.2) is 48.6 Å². The molecule has 1 N–H and O–H groups in total. The van der Waals surface area contributed by atoms with Gasteiger partial charge in [-0.15, -0.1) is 0 Å². The van der Waals surface area contributed by atoms with Gasteiger partial charge in [-0.3, -0.25) is 4.79 Å². The first-order chi connectivity index (χ1) is 13.1. The summed E-state index contributed by atoms with van der Waals surface area (Å²) in [5.74, 6) is -0.700. The molecular weight excluding hydrogens is 348 g/mol. The summed E-state index contributed by atoms with van der Waals surface area (Å²) in [6, 6.07) is 8.82. The Balaban J connectivity index is 0.00000126. The summed E-state index contributed by atoms with van der Waals surface area (Å²) in [6.45, 7) is 7.43. The molecule has 2 heterocycles. The molecule has 0 saturated carbocycles. The summed E-state index contributed by atoms with van der Waals surface area (Å²) < 4.78 is 10.2. The van der Waals surface area contributed by atoms with Crippen LogP contribution in [0.3, 0.4) is 0 Å². The zero-order chi connectivity index (χ0) is 19.8. The average molecular weight is 376 g/mol. The van der Waals surface area contributed by atoms with Gasteiger partial charge in [-0.25, -0.2) is 9.59 Å². The molecule has 3 rings (SSSR count).